The smallest absolute Gasteiger partial charge is 0.254 e. The Morgan fingerprint density at radius 1 is 1.00 bits per heavy atom. The quantitative estimate of drug-likeness (QED) is 0.546. The second-order valence-electron chi connectivity index (χ2n) is 4.82. The van der Waals surface area contributed by atoms with Crippen molar-refractivity contribution in [2.45, 2.75) is 4.21 Å². The molecule has 0 aliphatic rings. The van der Waals surface area contributed by atoms with E-state index in [0.717, 1.165) is 32.3 Å². The molecule has 1 N–H and O–H groups in total. The molecule has 2 aromatic heterocycles. The highest BCUT2D eigenvalue weighted by Crippen LogP contribution is 2.34. The van der Waals surface area contributed by atoms with Gasteiger partial charge in [0.15, 0.2) is 5.13 Å². The molecule has 0 saturated heterocycles. The van der Waals surface area contributed by atoms with Crippen molar-refractivity contribution >= 4 is 70.4 Å². The Balaban J connectivity index is 1.79. The van der Waals surface area contributed by atoms with E-state index in [-0.39, 0.29) is 4.21 Å². The summed E-state index contributed by atoms with van der Waals surface area (Å²) < 4.78 is 28.8. The number of aromatic nitrogens is 1. The zero-order chi connectivity index (χ0) is 16.0. The van der Waals surface area contributed by atoms with Gasteiger partial charge in [-0.3, -0.25) is 4.72 Å². The SMILES string of the molecule is O=S(=O)(Nc1nc2ccc3ccccc3c2s1)c1ccc(Cl)s1. The Morgan fingerprint density at radius 3 is 2.61 bits per heavy atom. The van der Waals surface area contributed by atoms with Gasteiger partial charge in [0, 0.05) is 5.39 Å². The van der Waals surface area contributed by atoms with Crippen molar-refractivity contribution in [3.63, 3.8) is 0 Å². The summed E-state index contributed by atoms with van der Waals surface area (Å²) in [6.07, 6.45) is 0. The largest absolute Gasteiger partial charge is 0.273 e. The average molecular weight is 381 g/mol. The van der Waals surface area contributed by atoms with Crippen molar-refractivity contribution in [1.82, 2.24) is 4.98 Å². The van der Waals surface area contributed by atoms with Crippen LogP contribution in [0.1, 0.15) is 0 Å². The Bertz CT molecular complexity index is 1130. The summed E-state index contributed by atoms with van der Waals surface area (Å²) in [5.41, 5.74) is 0.774. The van der Waals surface area contributed by atoms with Crippen LogP contribution in [-0.2, 0) is 10.0 Å². The minimum atomic E-state index is -3.66. The van der Waals surface area contributed by atoms with Gasteiger partial charge >= 0.3 is 0 Å². The summed E-state index contributed by atoms with van der Waals surface area (Å²) in [5.74, 6) is 0. The first-order valence-electron chi connectivity index (χ1n) is 6.59. The van der Waals surface area contributed by atoms with Gasteiger partial charge < -0.3 is 0 Å². The predicted molar refractivity (Wildman–Crippen MR) is 97.3 cm³/mol. The molecule has 0 saturated carbocycles. The van der Waals surface area contributed by atoms with Gasteiger partial charge in [-0.15, -0.1) is 11.3 Å². The number of fused-ring (bicyclic) bond motifs is 3. The van der Waals surface area contributed by atoms with Crippen molar-refractivity contribution in [2.75, 3.05) is 4.72 Å². The highest BCUT2D eigenvalue weighted by molar-refractivity contribution is 7.95. The van der Waals surface area contributed by atoms with Crippen LogP contribution in [0.3, 0.4) is 0 Å². The van der Waals surface area contributed by atoms with Gasteiger partial charge in [-0.2, -0.15) is 0 Å². The number of thiophene rings is 1. The van der Waals surface area contributed by atoms with Crippen molar-refractivity contribution in [3.05, 3.63) is 52.9 Å². The van der Waals surface area contributed by atoms with Crippen molar-refractivity contribution < 1.29 is 8.42 Å². The maximum absolute atomic E-state index is 12.4. The molecular formula is C15H9ClN2O2S3. The number of sulfonamides is 1. The maximum Gasteiger partial charge on any atom is 0.273 e. The van der Waals surface area contributed by atoms with Crippen LogP contribution < -0.4 is 4.72 Å². The summed E-state index contributed by atoms with van der Waals surface area (Å²) in [7, 11) is -3.66. The first-order valence-corrected chi connectivity index (χ1v) is 10.1. The van der Waals surface area contributed by atoms with Crippen LogP contribution in [0, 0.1) is 0 Å². The molecule has 0 fully saturated rings. The van der Waals surface area contributed by atoms with E-state index in [9.17, 15) is 8.42 Å². The minimum Gasteiger partial charge on any atom is -0.254 e. The van der Waals surface area contributed by atoms with Crippen molar-refractivity contribution in [1.29, 1.82) is 0 Å². The molecule has 0 bridgehead atoms. The Hall–Kier alpha value is -1.67. The summed E-state index contributed by atoms with van der Waals surface area (Å²) in [6, 6.07) is 14.9. The molecule has 0 aliphatic carbocycles. The van der Waals surface area contributed by atoms with E-state index in [4.69, 9.17) is 11.6 Å². The van der Waals surface area contributed by atoms with Gasteiger partial charge in [-0.25, -0.2) is 13.4 Å². The third-order valence-corrected chi connectivity index (χ3v) is 7.53. The highest BCUT2D eigenvalue weighted by Gasteiger charge is 2.19. The van der Waals surface area contributed by atoms with Gasteiger partial charge in [-0.1, -0.05) is 53.3 Å². The molecule has 0 amide bonds. The second kappa shape index (κ2) is 5.45. The lowest BCUT2D eigenvalue weighted by atomic mass is 10.1. The normalized spacial score (nSPS) is 12.0. The molecule has 0 aliphatic heterocycles. The summed E-state index contributed by atoms with van der Waals surface area (Å²) in [5, 5.41) is 2.51. The molecule has 116 valence electrons. The van der Waals surface area contributed by atoms with E-state index >= 15 is 0 Å². The number of thiazole rings is 1. The van der Waals surface area contributed by atoms with Gasteiger partial charge in [0.25, 0.3) is 10.0 Å². The second-order valence-corrected chi connectivity index (χ2v) is 9.44. The van der Waals surface area contributed by atoms with Crippen LogP contribution in [0.4, 0.5) is 5.13 Å². The van der Waals surface area contributed by atoms with Gasteiger partial charge in [0.1, 0.15) is 4.21 Å². The number of nitrogens with one attached hydrogen (secondary N) is 1. The molecule has 0 radical (unpaired) electrons. The van der Waals surface area contributed by atoms with Crippen LogP contribution in [0.25, 0.3) is 21.0 Å². The van der Waals surface area contributed by atoms with E-state index in [1.807, 2.05) is 36.4 Å². The maximum atomic E-state index is 12.4. The number of rotatable bonds is 3. The fourth-order valence-corrected chi connectivity index (χ4v) is 6.02. The lowest BCUT2D eigenvalue weighted by molar-refractivity contribution is 0.603. The predicted octanol–water partition coefficient (Wildman–Crippen LogP) is 4.97. The number of anilines is 1. The molecule has 8 heteroatoms. The number of nitrogens with zero attached hydrogens (tertiary/aromatic N) is 1. The van der Waals surface area contributed by atoms with E-state index in [1.54, 1.807) is 6.07 Å². The van der Waals surface area contributed by atoms with Crippen LogP contribution in [0.15, 0.2) is 52.7 Å². The number of hydrogen-bond acceptors (Lipinski definition) is 5. The van der Waals surface area contributed by atoms with Gasteiger partial charge in [0.2, 0.25) is 0 Å². The van der Waals surface area contributed by atoms with Crippen molar-refractivity contribution in [3.8, 4) is 0 Å². The summed E-state index contributed by atoms with van der Waals surface area (Å²) >= 11 is 8.15. The third kappa shape index (κ3) is 2.70. The zero-order valence-corrected chi connectivity index (χ0v) is 14.7. The van der Waals surface area contributed by atoms with Crippen LogP contribution >= 0.6 is 34.3 Å². The van der Waals surface area contributed by atoms with E-state index in [0.29, 0.717) is 9.47 Å². The zero-order valence-electron chi connectivity index (χ0n) is 11.5. The summed E-state index contributed by atoms with van der Waals surface area (Å²) in [4.78, 5) is 4.38. The molecular weight excluding hydrogens is 372 g/mol. The molecule has 4 nitrogen and oxygen atoms in total. The Morgan fingerprint density at radius 2 is 1.83 bits per heavy atom. The van der Waals surface area contributed by atoms with Gasteiger partial charge in [0.05, 0.1) is 14.6 Å². The molecule has 0 unspecified atom stereocenters. The molecule has 0 atom stereocenters. The fraction of sp³-hybridized carbons (Fsp3) is 0. The number of benzene rings is 2. The number of hydrogen-bond donors (Lipinski definition) is 1. The van der Waals surface area contributed by atoms with E-state index < -0.39 is 10.0 Å². The molecule has 23 heavy (non-hydrogen) atoms. The van der Waals surface area contributed by atoms with Crippen LogP contribution in [-0.4, -0.2) is 13.4 Å². The minimum absolute atomic E-state index is 0.173. The average Bonchev–Trinajstić information content (AvgIpc) is 3.13. The summed E-state index contributed by atoms with van der Waals surface area (Å²) in [6.45, 7) is 0. The lowest BCUT2D eigenvalue weighted by Gasteiger charge is -2.01. The topological polar surface area (TPSA) is 59.1 Å². The molecule has 4 rings (SSSR count). The first kappa shape index (κ1) is 14.9. The third-order valence-electron chi connectivity index (χ3n) is 3.31. The standard InChI is InChI=1S/C15H9ClN2O2S3/c16-12-7-8-13(21-12)23(19,20)18-15-17-11-6-5-9-3-1-2-4-10(9)14(11)22-15/h1-8H,(H,17,18). The molecule has 2 aromatic carbocycles. The van der Waals surface area contributed by atoms with E-state index in [1.165, 1.54) is 17.4 Å². The van der Waals surface area contributed by atoms with Crippen LogP contribution in [0.2, 0.25) is 4.34 Å². The van der Waals surface area contributed by atoms with Gasteiger partial charge in [-0.05, 0) is 23.6 Å². The molecule has 2 heterocycles. The van der Waals surface area contributed by atoms with Crippen LogP contribution in [0.5, 0.6) is 0 Å². The monoisotopic (exact) mass is 380 g/mol. The van der Waals surface area contributed by atoms with E-state index in [2.05, 4.69) is 9.71 Å². The number of halogens is 1. The molecule has 0 spiro atoms. The lowest BCUT2D eigenvalue weighted by Crippen LogP contribution is -2.10. The Kier molecular flexibility index (Phi) is 3.53. The highest BCUT2D eigenvalue weighted by atomic mass is 35.5. The first-order chi connectivity index (χ1) is 11.0. The Labute approximate surface area is 145 Å². The fourth-order valence-electron chi connectivity index (χ4n) is 2.31. The van der Waals surface area contributed by atoms with Crippen molar-refractivity contribution in [2.24, 2.45) is 0 Å². The molecule has 4 aromatic rings.